The Morgan fingerprint density at radius 1 is 1.62 bits per heavy atom. The maximum absolute atomic E-state index is 12.8. The molecule has 88 valence electrons. The lowest BCUT2D eigenvalue weighted by atomic mass is 10.1. The molecule has 0 radical (unpaired) electrons. The Labute approximate surface area is 104 Å². The normalized spacial score (nSPS) is 10.8. The number of rotatable bonds is 4. The van der Waals surface area contributed by atoms with E-state index >= 15 is 0 Å². The quantitative estimate of drug-likeness (QED) is 0.817. The molecule has 0 fully saturated rings. The fraction of sp³-hybridized carbons (Fsp3) is 0.333. The maximum atomic E-state index is 12.8. The molecule has 0 unspecified atom stereocenters. The number of carbonyl (C=O) groups is 1. The van der Waals surface area contributed by atoms with Crippen molar-refractivity contribution in [3.8, 4) is 0 Å². The van der Waals surface area contributed by atoms with E-state index in [1.807, 2.05) is 0 Å². The molecule has 1 aromatic heterocycles. The van der Waals surface area contributed by atoms with Gasteiger partial charge in [-0.1, -0.05) is 0 Å². The minimum atomic E-state index is -2.75. The first-order valence-electron chi connectivity index (χ1n) is 4.33. The topological polar surface area (TPSA) is 76.2 Å². The van der Waals surface area contributed by atoms with Crippen LogP contribution in [0.2, 0.25) is 0 Å². The van der Waals surface area contributed by atoms with Crippen LogP contribution < -0.4 is 5.73 Å². The lowest BCUT2D eigenvalue weighted by Crippen LogP contribution is -2.11. The highest BCUT2D eigenvalue weighted by molar-refractivity contribution is 14.1. The molecule has 0 saturated heterocycles. The lowest BCUT2D eigenvalue weighted by Gasteiger charge is -2.11. The number of carboxylic acids is 1. The van der Waals surface area contributed by atoms with E-state index in [2.05, 4.69) is 4.98 Å². The van der Waals surface area contributed by atoms with Crippen LogP contribution in [0.1, 0.15) is 23.2 Å². The van der Waals surface area contributed by atoms with Gasteiger partial charge >= 0.3 is 5.97 Å². The summed E-state index contributed by atoms with van der Waals surface area (Å²) >= 11 is 1.74. The van der Waals surface area contributed by atoms with Gasteiger partial charge in [0.25, 0.3) is 6.43 Å². The highest BCUT2D eigenvalue weighted by Gasteiger charge is 2.21. The summed E-state index contributed by atoms with van der Waals surface area (Å²) in [4.78, 5) is 14.2. The van der Waals surface area contributed by atoms with Crippen LogP contribution in [-0.4, -0.2) is 16.1 Å². The van der Waals surface area contributed by atoms with Gasteiger partial charge < -0.3 is 10.8 Å². The molecule has 0 spiro atoms. The number of aliphatic carboxylic acids is 1. The standard InChI is InChI=1S/C9H9F2IN2O2/c10-9(11)7-5(1-6(15)16)14-3-4(2-13)8(7)12/h3,9H,1-2,13H2,(H,15,16). The molecule has 1 rings (SSSR count). The number of aromatic nitrogens is 1. The highest BCUT2D eigenvalue weighted by atomic mass is 127. The summed E-state index contributed by atoms with van der Waals surface area (Å²) in [5, 5.41) is 8.58. The Balaban J connectivity index is 3.28. The molecule has 0 bridgehead atoms. The van der Waals surface area contributed by atoms with E-state index in [4.69, 9.17) is 10.8 Å². The third kappa shape index (κ3) is 2.85. The second-order valence-corrected chi connectivity index (χ2v) is 4.11. The molecular weight excluding hydrogens is 333 g/mol. The largest absolute Gasteiger partial charge is 0.481 e. The number of nitrogens with two attached hydrogens (primary N) is 1. The molecule has 0 aromatic carbocycles. The van der Waals surface area contributed by atoms with Crippen molar-refractivity contribution in [2.75, 3.05) is 0 Å². The Kier molecular flexibility index (Phi) is 4.54. The molecule has 0 aliphatic carbocycles. The third-order valence-corrected chi connectivity index (χ3v) is 3.24. The summed E-state index contributed by atoms with van der Waals surface area (Å²) in [6.45, 7) is 0.0956. The lowest BCUT2D eigenvalue weighted by molar-refractivity contribution is -0.136. The van der Waals surface area contributed by atoms with Gasteiger partial charge in [-0.3, -0.25) is 9.78 Å². The Hall–Kier alpha value is -0.830. The fourth-order valence-corrected chi connectivity index (χ4v) is 2.14. The van der Waals surface area contributed by atoms with Crippen molar-refractivity contribution in [1.29, 1.82) is 0 Å². The predicted octanol–water partition coefficient (Wildman–Crippen LogP) is 1.71. The van der Waals surface area contributed by atoms with Crippen molar-refractivity contribution in [2.45, 2.75) is 19.4 Å². The van der Waals surface area contributed by atoms with Crippen LogP contribution in [0.4, 0.5) is 8.78 Å². The van der Waals surface area contributed by atoms with Gasteiger partial charge in [-0.15, -0.1) is 0 Å². The SMILES string of the molecule is NCc1cnc(CC(=O)O)c(C(F)F)c1I. The number of carboxylic acid groups (broad SMARTS) is 1. The summed E-state index contributed by atoms with van der Waals surface area (Å²) in [6, 6.07) is 0. The zero-order valence-corrected chi connectivity index (χ0v) is 10.2. The van der Waals surface area contributed by atoms with Crippen molar-refractivity contribution in [1.82, 2.24) is 4.98 Å². The van der Waals surface area contributed by atoms with Crippen LogP contribution in [0.5, 0.6) is 0 Å². The van der Waals surface area contributed by atoms with Gasteiger partial charge in [0.1, 0.15) is 0 Å². The summed E-state index contributed by atoms with van der Waals surface area (Å²) in [7, 11) is 0. The molecule has 0 aliphatic heterocycles. The smallest absolute Gasteiger partial charge is 0.309 e. The first-order valence-corrected chi connectivity index (χ1v) is 5.41. The van der Waals surface area contributed by atoms with E-state index in [1.54, 1.807) is 22.6 Å². The summed E-state index contributed by atoms with van der Waals surface area (Å²) in [5.74, 6) is -1.19. The van der Waals surface area contributed by atoms with Crippen molar-refractivity contribution in [3.05, 3.63) is 26.6 Å². The first kappa shape index (κ1) is 13.2. The maximum Gasteiger partial charge on any atom is 0.309 e. The molecule has 3 N–H and O–H groups in total. The Morgan fingerprint density at radius 3 is 2.69 bits per heavy atom. The van der Waals surface area contributed by atoms with Gasteiger partial charge in [-0.2, -0.15) is 0 Å². The average molecular weight is 342 g/mol. The number of pyridine rings is 1. The highest BCUT2D eigenvalue weighted by Crippen LogP contribution is 2.29. The summed E-state index contributed by atoms with van der Waals surface area (Å²) in [5.41, 5.74) is 5.42. The van der Waals surface area contributed by atoms with Crippen LogP contribution in [-0.2, 0) is 17.8 Å². The van der Waals surface area contributed by atoms with Gasteiger partial charge in [0, 0.05) is 16.3 Å². The zero-order chi connectivity index (χ0) is 12.3. The molecule has 0 amide bonds. The number of alkyl halides is 2. The third-order valence-electron chi connectivity index (χ3n) is 1.96. The molecule has 16 heavy (non-hydrogen) atoms. The molecular formula is C9H9F2IN2O2. The molecule has 1 aromatic rings. The number of halogens is 3. The zero-order valence-electron chi connectivity index (χ0n) is 8.08. The molecule has 0 aliphatic rings. The van der Waals surface area contributed by atoms with E-state index < -0.39 is 18.8 Å². The van der Waals surface area contributed by atoms with Gasteiger partial charge in [0.15, 0.2) is 0 Å². The number of hydrogen-bond acceptors (Lipinski definition) is 3. The van der Waals surface area contributed by atoms with E-state index in [9.17, 15) is 13.6 Å². The molecule has 0 saturated carbocycles. The minimum Gasteiger partial charge on any atom is -0.481 e. The van der Waals surface area contributed by atoms with Gasteiger partial charge in [-0.25, -0.2) is 8.78 Å². The predicted molar refractivity (Wildman–Crippen MR) is 61.1 cm³/mol. The molecule has 1 heterocycles. The summed E-state index contributed by atoms with van der Waals surface area (Å²) < 4.78 is 25.8. The van der Waals surface area contributed by atoms with E-state index in [1.165, 1.54) is 6.20 Å². The van der Waals surface area contributed by atoms with Crippen LogP contribution in [0.25, 0.3) is 0 Å². The van der Waals surface area contributed by atoms with Gasteiger partial charge in [0.05, 0.1) is 17.7 Å². The van der Waals surface area contributed by atoms with E-state index in [0.29, 0.717) is 9.13 Å². The van der Waals surface area contributed by atoms with Crippen LogP contribution in [0.3, 0.4) is 0 Å². The molecule has 7 heteroatoms. The fourth-order valence-electron chi connectivity index (χ4n) is 1.23. The van der Waals surface area contributed by atoms with Crippen LogP contribution >= 0.6 is 22.6 Å². The van der Waals surface area contributed by atoms with E-state index in [-0.39, 0.29) is 17.8 Å². The van der Waals surface area contributed by atoms with Gasteiger partial charge in [-0.05, 0) is 28.2 Å². The summed E-state index contributed by atoms with van der Waals surface area (Å²) in [6.07, 6.45) is -1.92. The minimum absolute atomic E-state index is 0.0956. The molecule has 0 atom stereocenters. The Bertz CT molecular complexity index is 413. The van der Waals surface area contributed by atoms with Crippen molar-refractivity contribution in [2.24, 2.45) is 5.73 Å². The molecule has 4 nitrogen and oxygen atoms in total. The van der Waals surface area contributed by atoms with Crippen molar-refractivity contribution >= 4 is 28.6 Å². The van der Waals surface area contributed by atoms with Crippen molar-refractivity contribution < 1.29 is 18.7 Å². The monoisotopic (exact) mass is 342 g/mol. The first-order chi connectivity index (χ1) is 7.47. The number of hydrogen-bond donors (Lipinski definition) is 2. The van der Waals surface area contributed by atoms with E-state index in [0.717, 1.165) is 0 Å². The average Bonchev–Trinajstić information content (AvgIpc) is 2.16. The Morgan fingerprint density at radius 2 is 2.25 bits per heavy atom. The second-order valence-electron chi connectivity index (χ2n) is 3.03. The van der Waals surface area contributed by atoms with Crippen molar-refractivity contribution in [3.63, 3.8) is 0 Å². The van der Waals surface area contributed by atoms with Crippen LogP contribution in [0.15, 0.2) is 6.20 Å². The van der Waals surface area contributed by atoms with Gasteiger partial charge in [0.2, 0.25) is 0 Å². The second kappa shape index (κ2) is 5.48. The number of nitrogens with zero attached hydrogens (tertiary/aromatic N) is 1. The van der Waals surface area contributed by atoms with Crippen LogP contribution in [0, 0.1) is 3.57 Å².